The second-order valence-corrected chi connectivity index (χ2v) is 8.36. The molecule has 1 unspecified atom stereocenters. The van der Waals surface area contributed by atoms with Gasteiger partial charge in [-0.3, -0.25) is 0 Å². The standard InChI is InChI=1S/C14H20Cl2N2O2S/c1-9-13(15)7-12(8-14(9)16)21(19,20)18-5-3-11(4-6-18)10(2)17/h7-8,10-11H,3-6,17H2,1-2H3. The number of rotatable bonds is 3. The highest BCUT2D eigenvalue weighted by atomic mass is 35.5. The van der Waals surface area contributed by atoms with Gasteiger partial charge in [0.05, 0.1) is 4.90 Å². The first-order valence-corrected chi connectivity index (χ1v) is 9.14. The van der Waals surface area contributed by atoms with Gasteiger partial charge < -0.3 is 5.73 Å². The summed E-state index contributed by atoms with van der Waals surface area (Å²) in [6.07, 6.45) is 1.56. The summed E-state index contributed by atoms with van der Waals surface area (Å²) in [5, 5.41) is 0.734. The zero-order chi connectivity index (χ0) is 15.8. The van der Waals surface area contributed by atoms with E-state index >= 15 is 0 Å². The van der Waals surface area contributed by atoms with Gasteiger partial charge in [-0.05, 0) is 50.3 Å². The Labute approximate surface area is 136 Å². The van der Waals surface area contributed by atoms with Crippen molar-refractivity contribution in [3.05, 3.63) is 27.7 Å². The fourth-order valence-electron chi connectivity index (χ4n) is 2.56. The number of piperidine rings is 1. The molecular formula is C14H20Cl2N2O2S. The number of halogens is 2. The van der Waals surface area contributed by atoms with Crippen molar-refractivity contribution in [2.75, 3.05) is 13.1 Å². The highest BCUT2D eigenvalue weighted by Gasteiger charge is 2.31. The van der Waals surface area contributed by atoms with Crippen LogP contribution in [0, 0.1) is 12.8 Å². The molecule has 21 heavy (non-hydrogen) atoms. The van der Waals surface area contributed by atoms with E-state index in [1.807, 2.05) is 6.92 Å². The van der Waals surface area contributed by atoms with Gasteiger partial charge in [0, 0.05) is 29.2 Å². The summed E-state index contributed by atoms with van der Waals surface area (Å²) in [5.74, 6) is 0.377. The summed E-state index contributed by atoms with van der Waals surface area (Å²) in [6.45, 7) is 4.69. The van der Waals surface area contributed by atoms with Crippen LogP contribution in [0.1, 0.15) is 25.3 Å². The van der Waals surface area contributed by atoms with E-state index in [2.05, 4.69) is 0 Å². The number of hydrogen-bond acceptors (Lipinski definition) is 3. The summed E-state index contributed by atoms with van der Waals surface area (Å²) in [5.41, 5.74) is 6.57. The fourth-order valence-corrected chi connectivity index (χ4v) is 4.70. The van der Waals surface area contributed by atoms with Gasteiger partial charge in [-0.2, -0.15) is 4.31 Å². The van der Waals surface area contributed by atoms with Crippen molar-refractivity contribution in [2.45, 2.75) is 37.6 Å². The minimum absolute atomic E-state index is 0.0955. The molecule has 0 bridgehead atoms. The Morgan fingerprint density at radius 2 is 1.71 bits per heavy atom. The van der Waals surface area contributed by atoms with Gasteiger partial charge in [-0.15, -0.1) is 0 Å². The van der Waals surface area contributed by atoms with Gasteiger partial charge in [-0.1, -0.05) is 23.2 Å². The van der Waals surface area contributed by atoms with Crippen molar-refractivity contribution in [1.82, 2.24) is 4.31 Å². The van der Waals surface area contributed by atoms with E-state index in [1.54, 1.807) is 6.92 Å². The molecule has 1 heterocycles. The lowest BCUT2D eigenvalue weighted by Crippen LogP contribution is -2.42. The molecule has 1 saturated heterocycles. The van der Waals surface area contributed by atoms with Crippen LogP contribution in [0.2, 0.25) is 10.0 Å². The Bertz CT molecular complexity index is 601. The minimum atomic E-state index is -3.55. The SMILES string of the molecule is Cc1c(Cl)cc(S(=O)(=O)N2CCC(C(C)N)CC2)cc1Cl. The molecule has 0 spiro atoms. The van der Waals surface area contributed by atoms with E-state index in [9.17, 15) is 8.42 Å². The third kappa shape index (κ3) is 3.54. The summed E-state index contributed by atoms with van der Waals surface area (Å²) < 4.78 is 26.8. The average molecular weight is 351 g/mol. The van der Waals surface area contributed by atoms with E-state index in [0.717, 1.165) is 12.8 Å². The molecular weight excluding hydrogens is 331 g/mol. The van der Waals surface area contributed by atoms with Crippen molar-refractivity contribution in [2.24, 2.45) is 11.7 Å². The number of hydrogen-bond donors (Lipinski definition) is 1. The normalized spacial score (nSPS) is 19.7. The maximum Gasteiger partial charge on any atom is 0.243 e. The molecule has 0 saturated carbocycles. The first-order chi connectivity index (χ1) is 9.73. The second kappa shape index (κ2) is 6.42. The third-order valence-corrected chi connectivity index (χ3v) is 6.80. The molecule has 1 aliphatic rings. The fraction of sp³-hybridized carbons (Fsp3) is 0.571. The van der Waals surface area contributed by atoms with Gasteiger partial charge >= 0.3 is 0 Å². The molecule has 1 aromatic rings. The number of nitrogens with zero attached hydrogens (tertiary/aromatic N) is 1. The third-order valence-electron chi connectivity index (χ3n) is 4.13. The highest BCUT2D eigenvalue weighted by Crippen LogP contribution is 2.31. The van der Waals surface area contributed by atoms with Crippen molar-refractivity contribution >= 4 is 33.2 Å². The van der Waals surface area contributed by atoms with Crippen molar-refractivity contribution in [3.8, 4) is 0 Å². The molecule has 2 N–H and O–H groups in total. The average Bonchev–Trinajstić information content (AvgIpc) is 2.44. The van der Waals surface area contributed by atoms with Crippen LogP contribution in [0.5, 0.6) is 0 Å². The molecule has 1 fully saturated rings. The number of nitrogens with two attached hydrogens (primary N) is 1. The Kier molecular flexibility index (Phi) is 5.21. The molecule has 0 aromatic heterocycles. The minimum Gasteiger partial charge on any atom is -0.328 e. The largest absolute Gasteiger partial charge is 0.328 e. The molecule has 1 atom stereocenters. The molecule has 0 aliphatic carbocycles. The van der Waals surface area contributed by atoms with E-state index in [4.69, 9.17) is 28.9 Å². The Morgan fingerprint density at radius 1 is 1.24 bits per heavy atom. The summed E-state index contributed by atoms with van der Waals surface area (Å²) >= 11 is 12.1. The molecule has 4 nitrogen and oxygen atoms in total. The van der Waals surface area contributed by atoms with Crippen LogP contribution < -0.4 is 5.73 Å². The lowest BCUT2D eigenvalue weighted by atomic mass is 9.92. The second-order valence-electron chi connectivity index (χ2n) is 5.61. The zero-order valence-corrected chi connectivity index (χ0v) is 14.5. The predicted octanol–water partition coefficient (Wildman–Crippen LogP) is 3.05. The monoisotopic (exact) mass is 350 g/mol. The van der Waals surface area contributed by atoms with E-state index < -0.39 is 10.0 Å². The Morgan fingerprint density at radius 3 is 2.14 bits per heavy atom. The Hall–Kier alpha value is -0.330. The van der Waals surface area contributed by atoms with Gasteiger partial charge in [-0.25, -0.2) is 8.42 Å². The van der Waals surface area contributed by atoms with Gasteiger partial charge in [0.15, 0.2) is 0 Å². The molecule has 2 rings (SSSR count). The molecule has 0 radical (unpaired) electrons. The molecule has 118 valence electrons. The zero-order valence-electron chi connectivity index (χ0n) is 12.1. The van der Waals surface area contributed by atoms with Crippen LogP contribution in [0.25, 0.3) is 0 Å². The lowest BCUT2D eigenvalue weighted by molar-refractivity contribution is 0.250. The molecule has 0 amide bonds. The van der Waals surface area contributed by atoms with Gasteiger partial charge in [0.1, 0.15) is 0 Å². The van der Waals surface area contributed by atoms with E-state index in [1.165, 1.54) is 16.4 Å². The van der Waals surface area contributed by atoms with Crippen LogP contribution in [0.3, 0.4) is 0 Å². The maximum atomic E-state index is 12.7. The van der Waals surface area contributed by atoms with Gasteiger partial charge in [0.2, 0.25) is 10.0 Å². The highest BCUT2D eigenvalue weighted by molar-refractivity contribution is 7.89. The number of sulfonamides is 1. The Balaban J connectivity index is 2.24. The first-order valence-electron chi connectivity index (χ1n) is 6.95. The molecule has 1 aromatic carbocycles. The van der Waals surface area contributed by atoms with Crippen molar-refractivity contribution < 1.29 is 8.42 Å². The maximum absolute atomic E-state index is 12.7. The first kappa shape index (κ1) is 17.0. The molecule has 7 heteroatoms. The van der Waals surface area contributed by atoms with Crippen molar-refractivity contribution in [3.63, 3.8) is 0 Å². The van der Waals surface area contributed by atoms with E-state index in [-0.39, 0.29) is 10.9 Å². The van der Waals surface area contributed by atoms with Crippen molar-refractivity contribution in [1.29, 1.82) is 0 Å². The summed E-state index contributed by atoms with van der Waals surface area (Å²) in [7, 11) is -3.55. The molecule has 1 aliphatic heterocycles. The summed E-state index contributed by atoms with van der Waals surface area (Å²) in [6, 6.07) is 3.03. The van der Waals surface area contributed by atoms with E-state index in [0.29, 0.717) is 34.6 Å². The topological polar surface area (TPSA) is 63.4 Å². The van der Waals surface area contributed by atoms with Crippen LogP contribution in [-0.2, 0) is 10.0 Å². The quantitative estimate of drug-likeness (QED) is 0.910. The smallest absolute Gasteiger partial charge is 0.243 e. The van der Waals surface area contributed by atoms with Crippen LogP contribution in [-0.4, -0.2) is 31.9 Å². The summed E-state index contributed by atoms with van der Waals surface area (Å²) in [4.78, 5) is 0.155. The number of benzene rings is 1. The van der Waals surface area contributed by atoms with Crippen LogP contribution in [0.15, 0.2) is 17.0 Å². The predicted molar refractivity (Wildman–Crippen MR) is 86.3 cm³/mol. The lowest BCUT2D eigenvalue weighted by Gasteiger charge is -2.33. The van der Waals surface area contributed by atoms with Crippen LogP contribution >= 0.6 is 23.2 Å². The van der Waals surface area contributed by atoms with Gasteiger partial charge in [0.25, 0.3) is 0 Å². The van der Waals surface area contributed by atoms with Crippen LogP contribution in [0.4, 0.5) is 0 Å².